The van der Waals surface area contributed by atoms with Crippen molar-refractivity contribution in [3.05, 3.63) is 92.1 Å². The zero-order chi connectivity index (χ0) is 24.7. The lowest BCUT2D eigenvalue weighted by molar-refractivity contribution is -0.118. The number of hydrogen-bond acceptors (Lipinski definition) is 4. The van der Waals surface area contributed by atoms with E-state index < -0.39 is 11.7 Å². The number of aryl methyl sites for hydroxylation is 1. The molecule has 0 fully saturated rings. The molecule has 0 radical (unpaired) electrons. The van der Waals surface area contributed by atoms with Gasteiger partial charge in [0.25, 0.3) is 11.8 Å². The van der Waals surface area contributed by atoms with E-state index in [4.69, 9.17) is 4.74 Å². The number of rotatable bonds is 7. The van der Waals surface area contributed by atoms with Gasteiger partial charge in [-0.15, -0.1) is 0 Å². The summed E-state index contributed by atoms with van der Waals surface area (Å²) in [7, 11) is 0. The van der Waals surface area contributed by atoms with Gasteiger partial charge >= 0.3 is 0 Å². The van der Waals surface area contributed by atoms with Crippen molar-refractivity contribution in [2.75, 3.05) is 17.2 Å². The van der Waals surface area contributed by atoms with Crippen molar-refractivity contribution in [1.82, 2.24) is 0 Å². The number of ether oxygens (including phenoxy) is 1. The van der Waals surface area contributed by atoms with Crippen LogP contribution >= 0.6 is 31.9 Å². The molecule has 0 unspecified atom stereocenters. The van der Waals surface area contributed by atoms with Gasteiger partial charge in [-0.05, 0) is 98.5 Å². The van der Waals surface area contributed by atoms with Gasteiger partial charge in [-0.2, -0.15) is 5.26 Å². The second-order valence-corrected chi connectivity index (χ2v) is 8.80. The van der Waals surface area contributed by atoms with E-state index >= 15 is 0 Å². The van der Waals surface area contributed by atoms with Crippen LogP contribution in [-0.4, -0.2) is 18.4 Å². The highest BCUT2D eigenvalue weighted by molar-refractivity contribution is 9.11. The molecule has 3 aromatic carbocycles. The third kappa shape index (κ3) is 6.76. The van der Waals surface area contributed by atoms with Gasteiger partial charge in [0, 0.05) is 11.4 Å². The van der Waals surface area contributed by atoms with Crippen LogP contribution < -0.4 is 15.4 Å². The minimum Gasteiger partial charge on any atom is -0.481 e. The standard InChI is InChI=1S/C25H18Br2FN3O3/c1-15-4-2-3-5-22(15)31-23(32)14-34-24-20(26)11-16(12-21(24)27)10-17(13-29)25(33)30-19-8-6-18(28)7-9-19/h2-12H,14H2,1H3,(H,30,33)(H,31,32)/b17-10+. The van der Waals surface area contributed by atoms with Gasteiger partial charge in [0.2, 0.25) is 0 Å². The fourth-order valence-corrected chi connectivity index (χ4v) is 4.34. The Hall–Kier alpha value is -3.48. The molecule has 2 amide bonds. The van der Waals surface area contributed by atoms with Gasteiger partial charge in [0.05, 0.1) is 8.95 Å². The highest BCUT2D eigenvalue weighted by Crippen LogP contribution is 2.35. The quantitative estimate of drug-likeness (QED) is 0.254. The molecule has 3 aromatic rings. The Bertz CT molecular complexity index is 1280. The van der Waals surface area contributed by atoms with Crippen molar-refractivity contribution in [1.29, 1.82) is 5.26 Å². The van der Waals surface area contributed by atoms with Gasteiger partial charge in [-0.25, -0.2) is 4.39 Å². The molecule has 0 atom stereocenters. The predicted octanol–water partition coefficient (Wildman–Crippen LogP) is 6.22. The van der Waals surface area contributed by atoms with Crippen molar-refractivity contribution in [3.63, 3.8) is 0 Å². The van der Waals surface area contributed by atoms with Gasteiger partial charge in [0.1, 0.15) is 23.2 Å². The molecule has 0 bridgehead atoms. The molecule has 0 aliphatic carbocycles. The lowest BCUT2D eigenvalue weighted by atomic mass is 10.1. The number of nitrogens with zero attached hydrogens (tertiary/aromatic N) is 1. The third-order valence-corrected chi connectivity index (χ3v) is 5.74. The second kappa shape index (κ2) is 11.6. The summed E-state index contributed by atoms with van der Waals surface area (Å²) in [6, 6.07) is 17.8. The maximum absolute atomic E-state index is 13.0. The number of amides is 2. The van der Waals surface area contributed by atoms with E-state index in [1.165, 1.54) is 30.3 Å². The molecule has 0 heterocycles. The van der Waals surface area contributed by atoms with Crippen LogP contribution in [0, 0.1) is 24.1 Å². The molecule has 0 spiro atoms. The van der Waals surface area contributed by atoms with Gasteiger partial charge in [-0.1, -0.05) is 18.2 Å². The van der Waals surface area contributed by atoms with Crippen molar-refractivity contribution in [2.24, 2.45) is 0 Å². The zero-order valence-electron chi connectivity index (χ0n) is 17.9. The molecular weight excluding hydrogens is 569 g/mol. The Balaban J connectivity index is 1.69. The number of nitrogens with one attached hydrogen (secondary N) is 2. The highest BCUT2D eigenvalue weighted by atomic mass is 79.9. The minimum absolute atomic E-state index is 0.144. The minimum atomic E-state index is -0.630. The predicted molar refractivity (Wildman–Crippen MR) is 136 cm³/mol. The Morgan fingerprint density at radius 2 is 1.71 bits per heavy atom. The normalized spacial score (nSPS) is 10.9. The largest absolute Gasteiger partial charge is 0.481 e. The highest BCUT2D eigenvalue weighted by Gasteiger charge is 2.14. The molecule has 9 heteroatoms. The molecule has 6 nitrogen and oxygen atoms in total. The van der Waals surface area contributed by atoms with Crippen LogP contribution in [0.4, 0.5) is 15.8 Å². The molecule has 0 aromatic heterocycles. The fourth-order valence-electron chi connectivity index (χ4n) is 2.88. The first-order valence-electron chi connectivity index (χ1n) is 9.93. The van der Waals surface area contributed by atoms with Crippen LogP contribution in [0.3, 0.4) is 0 Å². The summed E-state index contributed by atoms with van der Waals surface area (Å²) in [4.78, 5) is 24.7. The lowest BCUT2D eigenvalue weighted by Crippen LogP contribution is -2.20. The summed E-state index contributed by atoms with van der Waals surface area (Å²) in [6.07, 6.45) is 1.41. The molecule has 0 aliphatic heterocycles. The first-order valence-corrected chi connectivity index (χ1v) is 11.5. The summed E-state index contributed by atoms with van der Waals surface area (Å²) in [6.45, 7) is 1.68. The Morgan fingerprint density at radius 3 is 2.32 bits per heavy atom. The van der Waals surface area contributed by atoms with Crippen molar-refractivity contribution in [2.45, 2.75) is 6.92 Å². The first kappa shape index (κ1) is 25.1. The molecular formula is C25H18Br2FN3O3. The SMILES string of the molecule is Cc1ccccc1NC(=O)COc1c(Br)cc(/C=C(\C#N)C(=O)Nc2ccc(F)cc2)cc1Br. The van der Waals surface area contributed by atoms with Crippen molar-refractivity contribution >= 4 is 61.1 Å². The van der Waals surface area contributed by atoms with Crippen molar-refractivity contribution in [3.8, 4) is 11.8 Å². The molecule has 3 rings (SSSR count). The number of anilines is 2. The number of benzene rings is 3. The summed E-state index contributed by atoms with van der Waals surface area (Å²) in [5, 5.41) is 14.8. The zero-order valence-corrected chi connectivity index (χ0v) is 21.0. The van der Waals surface area contributed by atoms with Gasteiger partial charge in [0.15, 0.2) is 6.61 Å². The molecule has 172 valence electrons. The second-order valence-electron chi connectivity index (χ2n) is 7.10. The number of carbonyl (C=O) groups is 2. The Labute approximate surface area is 212 Å². The number of nitriles is 1. The van der Waals surface area contributed by atoms with E-state index in [9.17, 15) is 19.2 Å². The Morgan fingerprint density at radius 1 is 1.06 bits per heavy atom. The van der Waals surface area contributed by atoms with Crippen LogP contribution in [-0.2, 0) is 9.59 Å². The summed E-state index contributed by atoms with van der Waals surface area (Å²) >= 11 is 6.80. The third-order valence-electron chi connectivity index (χ3n) is 4.57. The summed E-state index contributed by atoms with van der Waals surface area (Å²) in [5.41, 5.74) is 2.40. The summed E-state index contributed by atoms with van der Waals surface area (Å²) < 4.78 is 19.7. The molecule has 34 heavy (non-hydrogen) atoms. The van der Waals surface area contributed by atoms with Gasteiger partial charge in [-0.3, -0.25) is 9.59 Å². The van der Waals surface area contributed by atoms with E-state index in [0.717, 1.165) is 5.56 Å². The maximum atomic E-state index is 13.0. The monoisotopic (exact) mass is 585 g/mol. The number of hydrogen-bond donors (Lipinski definition) is 2. The number of halogens is 3. The van der Waals surface area contributed by atoms with E-state index in [1.54, 1.807) is 18.2 Å². The Kier molecular flexibility index (Phi) is 8.57. The van der Waals surface area contributed by atoms with E-state index in [2.05, 4.69) is 42.5 Å². The maximum Gasteiger partial charge on any atom is 0.266 e. The average molecular weight is 587 g/mol. The molecule has 0 saturated heterocycles. The van der Waals surface area contributed by atoms with Gasteiger partial charge < -0.3 is 15.4 Å². The van der Waals surface area contributed by atoms with Crippen molar-refractivity contribution < 1.29 is 18.7 Å². The fraction of sp³-hybridized carbons (Fsp3) is 0.0800. The lowest BCUT2D eigenvalue weighted by Gasteiger charge is -2.12. The van der Waals surface area contributed by atoms with Crippen LogP contribution in [0.25, 0.3) is 6.08 Å². The molecule has 0 saturated carbocycles. The topological polar surface area (TPSA) is 91.2 Å². The molecule has 0 aliphatic rings. The van der Waals surface area contributed by atoms with E-state index in [-0.39, 0.29) is 18.1 Å². The number of para-hydroxylation sites is 1. The van der Waals surface area contributed by atoms with E-state index in [0.29, 0.717) is 31.6 Å². The smallest absolute Gasteiger partial charge is 0.266 e. The summed E-state index contributed by atoms with van der Waals surface area (Å²) in [5.74, 6) is -0.985. The van der Waals surface area contributed by atoms with Crippen LogP contribution in [0.15, 0.2) is 75.2 Å². The average Bonchev–Trinajstić information content (AvgIpc) is 2.80. The van der Waals surface area contributed by atoms with Crippen LogP contribution in [0.5, 0.6) is 5.75 Å². The number of carbonyl (C=O) groups excluding carboxylic acids is 2. The van der Waals surface area contributed by atoms with Crippen LogP contribution in [0.2, 0.25) is 0 Å². The van der Waals surface area contributed by atoms with Crippen LogP contribution in [0.1, 0.15) is 11.1 Å². The first-order chi connectivity index (χ1) is 16.3. The van der Waals surface area contributed by atoms with E-state index in [1.807, 2.05) is 31.2 Å². The molecule has 2 N–H and O–H groups in total.